The van der Waals surface area contributed by atoms with E-state index >= 15 is 0 Å². The lowest BCUT2D eigenvalue weighted by Gasteiger charge is -2.32. The van der Waals surface area contributed by atoms with Crippen molar-refractivity contribution in [1.29, 1.82) is 0 Å². The summed E-state index contributed by atoms with van der Waals surface area (Å²) in [4.78, 5) is 26.1. The molecule has 0 aromatic heterocycles. The highest BCUT2D eigenvalue weighted by molar-refractivity contribution is 6.32. The van der Waals surface area contributed by atoms with Crippen molar-refractivity contribution in [2.45, 2.75) is 19.4 Å². The molecule has 0 saturated carbocycles. The fourth-order valence-electron chi connectivity index (χ4n) is 4.52. The molecular weight excluding hydrogens is 420 g/mol. The van der Waals surface area contributed by atoms with Gasteiger partial charge in [-0.2, -0.15) is 0 Å². The smallest absolute Gasteiger partial charge is 0.316 e. The van der Waals surface area contributed by atoms with Gasteiger partial charge in [-0.25, -0.2) is 0 Å². The van der Waals surface area contributed by atoms with Crippen molar-refractivity contribution in [3.63, 3.8) is 0 Å². The number of Topliss-reactive ketones (excluding diaryl/α,β-unsaturated/α-hetero) is 1. The summed E-state index contributed by atoms with van der Waals surface area (Å²) in [6, 6.07) is 10.6. The third-order valence-electron chi connectivity index (χ3n) is 6.03. The summed E-state index contributed by atoms with van der Waals surface area (Å²) in [5.41, 5.74) is 3.60. The van der Waals surface area contributed by atoms with Crippen LogP contribution in [-0.2, 0) is 14.3 Å². The Bertz CT molecular complexity index is 1130. The largest absolute Gasteiger partial charge is 0.468 e. The number of benzene rings is 2. The highest BCUT2D eigenvalue weighted by Gasteiger charge is 2.44. The summed E-state index contributed by atoms with van der Waals surface area (Å²) in [7, 11) is 1.30. The second-order valence-electron chi connectivity index (χ2n) is 7.91. The van der Waals surface area contributed by atoms with Crippen molar-refractivity contribution in [2.24, 2.45) is 11.8 Å². The van der Waals surface area contributed by atoms with E-state index in [0.29, 0.717) is 34.1 Å². The zero-order valence-electron chi connectivity index (χ0n) is 17.0. The second-order valence-corrected chi connectivity index (χ2v) is 8.32. The zero-order chi connectivity index (χ0) is 21.7. The molecule has 0 amide bonds. The first-order chi connectivity index (χ1) is 15.0. The third kappa shape index (κ3) is 3.20. The lowest BCUT2D eigenvalue weighted by atomic mass is 9.75. The molecule has 160 valence electrons. The molecule has 7 nitrogen and oxygen atoms in total. The SMILES string of the molecule is COC(=O)[C@H]1C(=O)C2=C(C[C@@H]1C)Nc1ccccc1N[C@H]2c1cc2c(cc1Cl)OCO2. The van der Waals surface area contributed by atoms with Crippen LogP contribution in [0.2, 0.25) is 5.02 Å². The summed E-state index contributed by atoms with van der Waals surface area (Å²) >= 11 is 6.63. The number of carbonyl (C=O) groups excluding carboxylic acids is 2. The summed E-state index contributed by atoms with van der Waals surface area (Å²) in [5, 5.41) is 7.31. The maximum absolute atomic E-state index is 13.7. The number of hydrogen-bond acceptors (Lipinski definition) is 7. The van der Waals surface area contributed by atoms with Gasteiger partial charge in [-0.15, -0.1) is 0 Å². The maximum atomic E-state index is 13.7. The average molecular weight is 441 g/mol. The average Bonchev–Trinajstić information content (AvgIpc) is 3.13. The first-order valence-electron chi connectivity index (χ1n) is 10.0. The van der Waals surface area contributed by atoms with E-state index in [2.05, 4.69) is 10.6 Å². The molecule has 5 rings (SSSR count). The Morgan fingerprint density at radius 1 is 1.16 bits per heavy atom. The molecule has 2 aliphatic heterocycles. The molecule has 31 heavy (non-hydrogen) atoms. The summed E-state index contributed by atoms with van der Waals surface area (Å²) in [5.74, 6) is -0.747. The van der Waals surface area contributed by atoms with E-state index in [0.717, 1.165) is 17.1 Å². The van der Waals surface area contributed by atoms with Gasteiger partial charge in [-0.1, -0.05) is 30.7 Å². The number of nitrogens with one attached hydrogen (secondary N) is 2. The minimum Gasteiger partial charge on any atom is -0.468 e. The van der Waals surface area contributed by atoms with Crippen LogP contribution in [0.3, 0.4) is 0 Å². The van der Waals surface area contributed by atoms with Gasteiger partial charge in [0.1, 0.15) is 5.92 Å². The van der Waals surface area contributed by atoms with Crippen molar-refractivity contribution < 1.29 is 23.8 Å². The third-order valence-corrected chi connectivity index (χ3v) is 6.35. The van der Waals surface area contributed by atoms with Gasteiger partial charge >= 0.3 is 5.97 Å². The highest BCUT2D eigenvalue weighted by atomic mass is 35.5. The molecule has 1 aliphatic carbocycles. The van der Waals surface area contributed by atoms with Crippen LogP contribution < -0.4 is 20.1 Å². The first-order valence-corrected chi connectivity index (χ1v) is 10.4. The summed E-state index contributed by atoms with van der Waals surface area (Å²) in [6.07, 6.45) is 0.523. The van der Waals surface area contributed by atoms with Crippen molar-refractivity contribution in [1.82, 2.24) is 0 Å². The number of hydrogen-bond donors (Lipinski definition) is 2. The maximum Gasteiger partial charge on any atom is 0.316 e. The van der Waals surface area contributed by atoms with E-state index < -0.39 is 17.9 Å². The van der Waals surface area contributed by atoms with Crippen LogP contribution in [0.4, 0.5) is 11.4 Å². The number of anilines is 2. The van der Waals surface area contributed by atoms with E-state index in [-0.39, 0.29) is 18.5 Å². The topological polar surface area (TPSA) is 85.9 Å². The van der Waals surface area contributed by atoms with Gasteiger partial charge in [0.15, 0.2) is 17.3 Å². The second kappa shape index (κ2) is 7.50. The fourth-order valence-corrected chi connectivity index (χ4v) is 4.78. The van der Waals surface area contributed by atoms with Crippen molar-refractivity contribution >= 4 is 34.7 Å². The number of fused-ring (bicyclic) bond motifs is 2. The lowest BCUT2D eigenvalue weighted by Crippen LogP contribution is -2.39. The Morgan fingerprint density at radius 3 is 2.61 bits per heavy atom. The predicted octanol–water partition coefficient (Wildman–Crippen LogP) is 4.30. The van der Waals surface area contributed by atoms with Crippen LogP contribution in [0.1, 0.15) is 24.9 Å². The van der Waals surface area contributed by atoms with Crippen LogP contribution in [0.25, 0.3) is 0 Å². The molecule has 8 heteroatoms. The standard InChI is InChI=1S/C23H21ClN2O5/c1-11-7-16-20(22(27)19(11)23(28)29-2)21(26-15-6-4-3-5-14(15)25-16)12-8-17-18(9-13(12)24)31-10-30-17/h3-6,8-9,11,19,21,25-26H,7,10H2,1-2H3/t11-,19+,21-/m0/s1. The van der Waals surface area contributed by atoms with Gasteiger partial charge in [0.2, 0.25) is 6.79 Å². The monoisotopic (exact) mass is 440 g/mol. The number of esters is 1. The van der Waals surface area contributed by atoms with Crippen molar-refractivity contribution in [3.05, 3.63) is 58.3 Å². The first kappa shape index (κ1) is 19.8. The fraction of sp³-hybridized carbons (Fsp3) is 0.304. The predicted molar refractivity (Wildman–Crippen MR) is 115 cm³/mol. The molecule has 3 atom stereocenters. The van der Waals surface area contributed by atoms with E-state index in [1.807, 2.05) is 31.2 Å². The Hall–Kier alpha value is -3.19. The molecule has 2 aromatic rings. The Morgan fingerprint density at radius 2 is 1.87 bits per heavy atom. The van der Waals surface area contributed by atoms with Crippen LogP contribution in [-0.4, -0.2) is 25.7 Å². The van der Waals surface area contributed by atoms with E-state index in [1.165, 1.54) is 7.11 Å². The van der Waals surface area contributed by atoms with Crippen LogP contribution in [0.5, 0.6) is 11.5 Å². The van der Waals surface area contributed by atoms with Crippen LogP contribution in [0.15, 0.2) is 47.7 Å². The quantitative estimate of drug-likeness (QED) is 0.532. The molecule has 2 heterocycles. The van der Waals surface area contributed by atoms with Crippen LogP contribution >= 0.6 is 11.6 Å². The van der Waals surface area contributed by atoms with E-state index in [9.17, 15) is 9.59 Å². The molecule has 0 radical (unpaired) electrons. The van der Waals surface area contributed by atoms with Crippen molar-refractivity contribution in [2.75, 3.05) is 24.5 Å². The number of halogens is 1. The normalized spacial score (nSPS) is 23.8. The minimum atomic E-state index is -0.871. The van der Waals surface area contributed by atoms with E-state index in [4.69, 9.17) is 25.8 Å². The van der Waals surface area contributed by atoms with Gasteiger partial charge < -0.3 is 24.8 Å². The number of carbonyl (C=O) groups is 2. The molecule has 0 saturated heterocycles. The van der Waals surface area contributed by atoms with Crippen molar-refractivity contribution in [3.8, 4) is 11.5 Å². The van der Waals surface area contributed by atoms with Gasteiger partial charge in [0, 0.05) is 22.9 Å². The van der Waals surface area contributed by atoms with Gasteiger partial charge in [-0.05, 0) is 30.5 Å². The van der Waals surface area contributed by atoms with E-state index in [1.54, 1.807) is 12.1 Å². The Balaban J connectivity index is 1.69. The molecule has 3 aliphatic rings. The van der Waals surface area contributed by atoms with Gasteiger partial charge in [-0.3, -0.25) is 9.59 Å². The van der Waals surface area contributed by atoms with Gasteiger partial charge in [0.25, 0.3) is 0 Å². The molecule has 0 spiro atoms. The van der Waals surface area contributed by atoms with Crippen LogP contribution in [0, 0.1) is 11.8 Å². The Kier molecular flexibility index (Phi) is 4.78. The summed E-state index contributed by atoms with van der Waals surface area (Å²) in [6.45, 7) is 2.00. The molecule has 0 fully saturated rings. The van der Waals surface area contributed by atoms with Gasteiger partial charge in [0.05, 0.1) is 29.5 Å². The molecule has 2 N–H and O–H groups in total. The number of methoxy groups -OCH3 is 1. The molecule has 0 unspecified atom stereocenters. The highest BCUT2D eigenvalue weighted by Crippen LogP contribution is 2.47. The molecular formula is C23H21ClN2O5. The number of rotatable bonds is 2. The molecule has 0 bridgehead atoms. The Labute approximate surface area is 184 Å². The number of ether oxygens (including phenoxy) is 3. The lowest BCUT2D eigenvalue weighted by molar-refractivity contribution is -0.151. The minimum absolute atomic E-state index is 0.117. The number of ketones is 1. The number of para-hydroxylation sites is 2. The molecule has 2 aromatic carbocycles. The zero-order valence-corrected chi connectivity index (χ0v) is 17.8. The number of allylic oxidation sites excluding steroid dienone is 1. The summed E-state index contributed by atoms with van der Waals surface area (Å²) < 4.78 is 15.9.